The van der Waals surface area contributed by atoms with Gasteiger partial charge in [0.2, 0.25) is 0 Å². The monoisotopic (exact) mass is 354 g/mol. The molecule has 0 atom stereocenters. The fourth-order valence-corrected chi connectivity index (χ4v) is 4.18. The SMILES string of the molecule is Cc1[nH]c2ccc(C(=O)NC3CCCCCCCCCCC3)cc2c1C. The summed E-state index contributed by atoms with van der Waals surface area (Å²) in [6.07, 6.45) is 14.2. The Morgan fingerprint density at radius 2 is 1.50 bits per heavy atom. The summed E-state index contributed by atoms with van der Waals surface area (Å²) < 4.78 is 0. The summed E-state index contributed by atoms with van der Waals surface area (Å²) in [4.78, 5) is 16.2. The minimum atomic E-state index is 0.0854. The summed E-state index contributed by atoms with van der Waals surface area (Å²) in [5.41, 5.74) is 4.31. The Hall–Kier alpha value is -1.77. The molecule has 1 aromatic heterocycles. The Labute approximate surface area is 158 Å². The van der Waals surface area contributed by atoms with Crippen LogP contribution in [0.15, 0.2) is 18.2 Å². The lowest BCUT2D eigenvalue weighted by molar-refractivity contribution is 0.0931. The predicted molar refractivity (Wildman–Crippen MR) is 110 cm³/mol. The molecule has 2 aromatic rings. The molecular formula is C23H34N2O. The number of fused-ring (bicyclic) bond motifs is 1. The Morgan fingerprint density at radius 3 is 2.12 bits per heavy atom. The second-order valence-corrected chi connectivity index (χ2v) is 8.07. The first kappa shape index (κ1) is 19.0. The molecule has 1 fully saturated rings. The Kier molecular flexibility index (Phi) is 6.76. The lowest BCUT2D eigenvalue weighted by Gasteiger charge is -2.19. The number of aryl methyl sites for hydroxylation is 2. The number of H-pyrrole nitrogens is 1. The van der Waals surface area contributed by atoms with Gasteiger partial charge in [0.25, 0.3) is 5.91 Å². The summed E-state index contributed by atoms with van der Waals surface area (Å²) >= 11 is 0. The molecule has 3 heteroatoms. The molecule has 1 saturated carbocycles. The van der Waals surface area contributed by atoms with E-state index in [0.29, 0.717) is 6.04 Å². The highest BCUT2D eigenvalue weighted by atomic mass is 16.1. The average Bonchev–Trinajstić information content (AvgIpc) is 2.91. The molecule has 0 bridgehead atoms. The number of hydrogen-bond acceptors (Lipinski definition) is 1. The lowest BCUT2D eigenvalue weighted by atomic mass is 9.97. The van der Waals surface area contributed by atoms with Crippen LogP contribution in [0.1, 0.15) is 92.2 Å². The molecule has 0 unspecified atom stereocenters. The zero-order valence-corrected chi connectivity index (χ0v) is 16.5. The highest BCUT2D eigenvalue weighted by Crippen LogP contribution is 2.23. The summed E-state index contributed by atoms with van der Waals surface area (Å²) in [5, 5.41) is 4.49. The zero-order chi connectivity index (χ0) is 18.4. The van der Waals surface area contributed by atoms with Gasteiger partial charge in [-0.15, -0.1) is 0 Å². The second kappa shape index (κ2) is 9.25. The highest BCUT2D eigenvalue weighted by Gasteiger charge is 2.15. The van der Waals surface area contributed by atoms with E-state index in [1.807, 2.05) is 18.2 Å². The van der Waals surface area contributed by atoms with E-state index in [2.05, 4.69) is 24.1 Å². The van der Waals surface area contributed by atoms with Crippen molar-refractivity contribution >= 4 is 16.8 Å². The van der Waals surface area contributed by atoms with Crippen molar-refractivity contribution in [1.82, 2.24) is 10.3 Å². The summed E-state index contributed by atoms with van der Waals surface area (Å²) in [7, 11) is 0. The van der Waals surface area contributed by atoms with Crippen LogP contribution in [0.3, 0.4) is 0 Å². The minimum absolute atomic E-state index is 0.0854. The molecule has 1 amide bonds. The minimum Gasteiger partial charge on any atom is -0.358 e. The molecule has 1 heterocycles. The maximum atomic E-state index is 12.8. The predicted octanol–water partition coefficient (Wildman–Crippen LogP) is 6.19. The van der Waals surface area contributed by atoms with Gasteiger partial charge in [-0.1, -0.05) is 57.8 Å². The third kappa shape index (κ3) is 4.90. The van der Waals surface area contributed by atoms with Crippen LogP contribution < -0.4 is 5.32 Å². The molecule has 1 aliphatic rings. The molecule has 0 aliphatic heterocycles. The first-order valence-corrected chi connectivity index (χ1v) is 10.5. The fraction of sp³-hybridized carbons (Fsp3) is 0.609. The van der Waals surface area contributed by atoms with Gasteiger partial charge in [-0.05, 0) is 50.5 Å². The molecular weight excluding hydrogens is 320 g/mol. The number of rotatable bonds is 2. The molecule has 0 saturated heterocycles. The fourth-order valence-electron chi connectivity index (χ4n) is 4.18. The maximum Gasteiger partial charge on any atom is 0.251 e. The molecule has 3 rings (SSSR count). The third-order valence-corrected chi connectivity index (χ3v) is 6.01. The second-order valence-electron chi connectivity index (χ2n) is 8.07. The molecule has 0 radical (unpaired) electrons. The van der Waals surface area contributed by atoms with Crippen molar-refractivity contribution in [2.45, 2.75) is 90.5 Å². The third-order valence-electron chi connectivity index (χ3n) is 6.01. The topological polar surface area (TPSA) is 44.9 Å². The van der Waals surface area contributed by atoms with Crippen molar-refractivity contribution in [2.24, 2.45) is 0 Å². The lowest BCUT2D eigenvalue weighted by Crippen LogP contribution is -2.34. The van der Waals surface area contributed by atoms with E-state index < -0.39 is 0 Å². The molecule has 2 N–H and O–H groups in total. The van der Waals surface area contributed by atoms with Crippen LogP contribution in [-0.2, 0) is 0 Å². The van der Waals surface area contributed by atoms with Crippen molar-refractivity contribution in [2.75, 3.05) is 0 Å². The number of benzene rings is 1. The van der Waals surface area contributed by atoms with Gasteiger partial charge in [0.05, 0.1) is 0 Å². The van der Waals surface area contributed by atoms with Gasteiger partial charge < -0.3 is 10.3 Å². The largest absolute Gasteiger partial charge is 0.358 e. The Balaban J connectivity index is 1.65. The van der Waals surface area contributed by atoms with Crippen molar-refractivity contribution in [3.63, 3.8) is 0 Å². The van der Waals surface area contributed by atoms with Crippen molar-refractivity contribution in [1.29, 1.82) is 0 Å². The number of aromatic amines is 1. The number of amides is 1. The summed E-state index contributed by atoms with van der Waals surface area (Å²) in [6.45, 7) is 4.20. The van der Waals surface area contributed by atoms with Gasteiger partial charge in [0.1, 0.15) is 0 Å². The first-order chi connectivity index (χ1) is 12.6. The normalized spacial score (nSPS) is 18.2. The van der Waals surface area contributed by atoms with E-state index in [-0.39, 0.29) is 5.91 Å². The molecule has 26 heavy (non-hydrogen) atoms. The highest BCUT2D eigenvalue weighted by molar-refractivity contribution is 5.99. The van der Waals surface area contributed by atoms with E-state index in [1.165, 1.54) is 69.0 Å². The van der Waals surface area contributed by atoms with Crippen LogP contribution >= 0.6 is 0 Å². The van der Waals surface area contributed by atoms with Crippen LogP contribution in [0.2, 0.25) is 0 Å². The number of aromatic nitrogens is 1. The first-order valence-electron chi connectivity index (χ1n) is 10.5. The van der Waals surface area contributed by atoms with Crippen molar-refractivity contribution in [3.05, 3.63) is 35.0 Å². The maximum absolute atomic E-state index is 12.8. The van der Waals surface area contributed by atoms with E-state index >= 15 is 0 Å². The standard InChI is InChI=1S/C23H34N2O/c1-17-18(2)24-22-15-14-19(16-21(17)22)23(26)25-20-12-10-8-6-4-3-5-7-9-11-13-20/h14-16,20,24H,3-13H2,1-2H3,(H,25,26). The Bertz CT molecular complexity index is 719. The Morgan fingerprint density at radius 1 is 0.923 bits per heavy atom. The number of carbonyl (C=O) groups is 1. The quantitative estimate of drug-likeness (QED) is 0.664. The van der Waals surface area contributed by atoms with Gasteiger partial charge in [-0.2, -0.15) is 0 Å². The van der Waals surface area contributed by atoms with Gasteiger partial charge in [0, 0.05) is 28.2 Å². The van der Waals surface area contributed by atoms with E-state index in [4.69, 9.17) is 0 Å². The smallest absolute Gasteiger partial charge is 0.251 e. The molecule has 0 spiro atoms. The van der Waals surface area contributed by atoms with E-state index in [0.717, 1.165) is 29.3 Å². The zero-order valence-electron chi connectivity index (χ0n) is 16.5. The average molecular weight is 355 g/mol. The molecule has 3 nitrogen and oxygen atoms in total. The van der Waals surface area contributed by atoms with Gasteiger partial charge >= 0.3 is 0 Å². The van der Waals surface area contributed by atoms with Gasteiger partial charge in [-0.3, -0.25) is 4.79 Å². The van der Waals surface area contributed by atoms with Gasteiger partial charge in [-0.25, -0.2) is 0 Å². The van der Waals surface area contributed by atoms with Crippen LogP contribution in [0.5, 0.6) is 0 Å². The van der Waals surface area contributed by atoms with Gasteiger partial charge in [0.15, 0.2) is 0 Å². The molecule has 1 aliphatic carbocycles. The van der Waals surface area contributed by atoms with Crippen LogP contribution in [0.25, 0.3) is 10.9 Å². The van der Waals surface area contributed by atoms with Crippen molar-refractivity contribution < 1.29 is 4.79 Å². The number of carbonyl (C=O) groups excluding carboxylic acids is 1. The van der Waals surface area contributed by atoms with Crippen LogP contribution in [0.4, 0.5) is 0 Å². The number of hydrogen-bond donors (Lipinski definition) is 2. The summed E-state index contributed by atoms with van der Waals surface area (Å²) in [6, 6.07) is 6.35. The number of nitrogens with one attached hydrogen (secondary N) is 2. The van der Waals surface area contributed by atoms with Crippen LogP contribution in [-0.4, -0.2) is 16.9 Å². The van der Waals surface area contributed by atoms with E-state index in [1.54, 1.807) is 0 Å². The summed E-state index contributed by atoms with van der Waals surface area (Å²) in [5.74, 6) is 0.0854. The molecule has 1 aromatic carbocycles. The van der Waals surface area contributed by atoms with Crippen LogP contribution in [0, 0.1) is 13.8 Å². The van der Waals surface area contributed by atoms with E-state index in [9.17, 15) is 4.79 Å². The molecule has 142 valence electrons. The van der Waals surface area contributed by atoms with Crippen molar-refractivity contribution in [3.8, 4) is 0 Å².